The largest absolute Gasteiger partial charge is 0.454 e. The summed E-state index contributed by atoms with van der Waals surface area (Å²) in [5.41, 5.74) is 2.09. The van der Waals surface area contributed by atoms with Crippen LogP contribution in [0.5, 0.6) is 0 Å². The second-order valence-corrected chi connectivity index (χ2v) is 9.04. The highest BCUT2D eigenvalue weighted by Gasteiger charge is 2.22. The number of aryl methyl sites for hydroxylation is 3. The van der Waals surface area contributed by atoms with Crippen LogP contribution in [0.3, 0.4) is 0 Å². The maximum atomic E-state index is 12.4. The highest BCUT2D eigenvalue weighted by Crippen LogP contribution is 2.23. The minimum atomic E-state index is -3.57. The second kappa shape index (κ2) is 7.96. The Morgan fingerprint density at radius 3 is 2.59 bits per heavy atom. The predicted molar refractivity (Wildman–Crippen MR) is 106 cm³/mol. The average Bonchev–Trinajstić information content (AvgIpc) is 3.19. The fourth-order valence-electron chi connectivity index (χ4n) is 3.09. The third kappa shape index (κ3) is 3.90. The minimum absolute atomic E-state index is 0.0483. The molecule has 0 unspecified atom stereocenters. The van der Waals surface area contributed by atoms with Crippen LogP contribution >= 0.6 is 0 Å². The van der Waals surface area contributed by atoms with Gasteiger partial charge in [-0.1, -0.05) is 12.1 Å². The van der Waals surface area contributed by atoms with Gasteiger partial charge in [0.2, 0.25) is 10.0 Å². The van der Waals surface area contributed by atoms with Crippen LogP contribution in [0.25, 0.3) is 11.0 Å². The first-order valence-electron chi connectivity index (χ1n) is 9.18. The van der Waals surface area contributed by atoms with Gasteiger partial charge in [0.15, 0.2) is 0 Å². The summed E-state index contributed by atoms with van der Waals surface area (Å²) < 4.78 is 38.4. The van der Waals surface area contributed by atoms with E-state index in [9.17, 15) is 13.2 Å². The van der Waals surface area contributed by atoms with Crippen molar-refractivity contribution in [3.05, 3.63) is 41.0 Å². The third-order valence-electron chi connectivity index (χ3n) is 4.59. The molecule has 0 N–H and O–H groups in total. The van der Waals surface area contributed by atoms with E-state index >= 15 is 0 Å². The van der Waals surface area contributed by atoms with Crippen LogP contribution in [-0.2, 0) is 27.9 Å². The number of hydrogen-bond donors (Lipinski definition) is 0. The van der Waals surface area contributed by atoms with Gasteiger partial charge in [-0.3, -0.25) is 0 Å². The van der Waals surface area contributed by atoms with Gasteiger partial charge in [0.05, 0.1) is 21.6 Å². The van der Waals surface area contributed by atoms with Crippen LogP contribution < -0.4 is 0 Å². The van der Waals surface area contributed by atoms with Crippen molar-refractivity contribution >= 4 is 27.0 Å². The Hall–Kier alpha value is -2.72. The number of benzene rings is 1. The van der Waals surface area contributed by atoms with E-state index in [1.807, 2.05) is 11.5 Å². The van der Waals surface area contributed by atoms with Crippen molar-refractivity contribution in [1.82, 2.24) is 19.0 Å². The quantitative estimate of drug-likeness (QED) is 0.541. The van der Waals surface area contributed by atoms with E-state index < -0.39 is 16.0 Å². The van der Waals surface area contributed by atoms with Crippen molar-refractivity contribution < 1.29 is 22.5 Å². The van der Waals surface area contributed by atoms with Crippen molar-refractivity contribution in [1.29, 1.82) is 0 Å². The Morgan fingerprint density at radius 2 is 2.00 bits per heavy atom. The Labute approximate surface area is 169 Å². The van der Waals surface area contributed by atoms with Crippen LogP contribution in [-0.4, -0.2) is 47.5 Å². The molecule has 156 valence electrons. The van der Waals surface area contributed by atoms with Crippen molar-refractivity contribution in [2.45, 2.75) is 45.2 Å². The standard InChI is InChI=1S/C19H24N4O5S/c1-6-9-23-16-8-7-14(29(25,26)22(4)5)10-15(16)20-17(23)11-27-19(24)18-12(2)21-28-13(18)3/h7-8,10H,6,9,11H2,1-5H3. The molecular weight excluding hydrogens is 396 g/mol. The highest BCUT2D eigenvalue weighted by atomic mass is 32.2. The van der Waals surface area contributed by atoms with Gasteiger partial charge in [-0.25, -0.2) is 22.5 Å². The van der Waals surface area contributed by atoms with Gasteiger partial charge in [0, 0.05) is 20.6 Å². The van der Waals surface area contributed by atoms with Gasteiger partial charge < -0.3 is 13.8 Å². The lowest BCUT2D eigenvalue weighted by molar-refractivity contribution is 0.0455. The number of carbonyl (C=O) groups excluding carboxylic acids is 1. The van der Waals surface area contributed by atoms with E-state index in [0.29, 0.717) is 34.9 Å². The molecule has 0 amide bonds. The van der Waals surface area contributed by atoms with Crippen molar-refractivity contribution in [2.24, 2.45) is 0 Å². The summed E-state index contributed by atoms with van der Waals surface area (Å²) in [5.74, 6) is 0.404. The molecule has 9 nitrogen and oxygen atoms in total. The number of hydrogen-bond acceptors (Lipinski definition) is 7. The lowest BCUT2D eigenvalue weighted by Crippen LogP contribution is -2.22. The minimum Gasteiger partial charge on any atom is -0.454 e. The van der Waals surface area contributed by atoms with Crippen LogP contribution in [0.1, 0.15) is 41.0 Å². The smallest absolute Gasteiger partial charge is 0.344 e. The molecule has 2 heterocycles. The first-order valence-corrected chi connectivity index (χ1v) is 10.6. The van der Waals surface area contributed by atoms with Crippen molar-refractivity contribution in [2.75, 3.05) is 14.1 Å². The monoisotopic (exact) mass is 420 g/mol. The molecule has 29 heavy (non-hydrogen) atoms. The molecule has 1 aromatic carbocycles. The summed E-state index contributed by atoms with van der Waals surface area (Å²) in [6, 6.07) is 4.83. The first kappa shape index (κ1) is 21.0. The number of nitrogens with zero attached hydrogens (tertiary/aromatic N) is 4. The van der Waals surface area contributed by atoms with Gasteiger partial charge in [-0.15, -0.1) is 0 Å². The Kier molecular flexibility index (Phi) is 5.76. The number of sulfonamides is 1. The number of fused-ring (bicyclic) bond motifs is 1. The van der Waals surface area contributed by atoms with Gasteiger partial charge in [0.25, 0.3) is 0 Å². The number of ether oxygens (including phenoxy) is 1. The summed E-state index contributed by atoms with van der Waals surface area (Å²) in [7, 11) is -0.606. The van der Waals surface area contributed by atoms with E-state index in [2.05, 4.69) is 10.1 Å². The lowest BCUT2D eigenvalue weighted by Gasteiger charge is -2.11. The summed E-state index contributed by atoms with van der Waals surface area (Å²) in [5, 5.41) is 3.76. The molecule has 0 aliphatic heterocycles. The van der Waals surface area contributed by atoms with Crippen LogP contribution in [0, 0.1) is 13.8 Å². The number of esters is 1. The predicted octanol–water partition coefficient (Wildman–Crippen LogP) is 2.66. The molecule has 0 aliphatic rings. The van der Waals surface area contributed by atoms with E-state index in [1.165, 1.54) is 20.2 Å². The van der Waals surface area contributed by atoms with Gasteiger partial charge in [-0.2, -0.15) is 0 Å². The van der Waals surface area contributed by atoms with Crippen LogP contribution in [0.2, 0.25) is 0 Å². The van der Waals surface area contributed by atoms with E-state index in [4.69, 9.17) is 9.26 Å². The number of aromatic nitrogens is 3. The number of rotatable bonds is 7. The molecule has 0 aliphatic carbocycles. The highest BCUT2D eigenvalue weighted by molar-refractivity contribution is 7.89. The molecule has 0 radical (unpaired) electrons. The molecule has 10 heteroatoms. The maximum Gasteiger partial charge on any atom is 0.344 e. The Morgan fingerprint density at radius 1 is 1.28 bits per heavy atom. The molecular formula is C19H24N4O5S. The second-order valence-electron chi connectivity index (χ2n) is 6.89. The third-order valence-corrected chi connectivity index (χ3v) is 6.41. The Balaban J connectivity index is 1.94. The summed E-state index contributed by atoms with van der Waals surface area (Å²) in [4.78, 5) is 17.1. The molecule has 0 bridgehead atoms. The summed E-state index contributed by atoms with van der Waals surface area (Å²) >= 11 is 0. The topological polar surface area (TPSA) is 108 Å². The lowest BCUT2D eigenvalue weighted by atomic mass is 10.2. The van der Waals surface area contributed by atoms with Crippen molar-refractivity contribution in [3.8, 4) is 0 Å². The van der Waals surface area contributed by atoms with E-state index in [-0.39, 0.29) is 11.5 Å². The zero-order chi connectivity index (χ0) is 21.3. The van der Waals surface area contributed by atoms with E-state index in [0.717, 1.165) is 16.2 Å². The van der Waals surface area contributed by atoms with Crippen molar-refractivity contribution in [3.63, 3.8) is 0 Å². The fraction of sp³-hybridized carbons (Fsp3) is 0.421. The first-order chi connectivity index (χ1) is 13.7. The van der Waals surface area contributed by atoms with Gasteiger partial charge >= 0.3 is 5.97 Å². The zero-order valence-corrected chi connectivity index (χ0v) is 17.9. The summed E-state index contributed by atoms with van der Waals surface area (Å²) in [6.45, 7) is 5.96. The molecule has 0 saturated carbocycles. The Bertz CT molecular complexity index is 1140. The molecule has 2 aromatic heterocycles. The van der Waals surface area contributed by atoms with E-state index in [1.54, 1.807) is 26.0 Å². The zero-order valence-electron chi connectivity index (χ0n) is 17.1. The van der Waals surface area contributed by atoms with Gasteiger partial charge in [-0.05, 0) is 38.5 Å². The molecule has 0 atom stereocenters. The molecule has 3 aromatic rings. The SMILES string of the molecule is CCCn1c(COC(=O)c2c(C)noc2C)nc2cc(S(=O)(=O)N(C)C)ccc21. The molecule has 0 spiro atoms. The molecule has 0 saturated heterocycles. The fourth-order valence-corrected chi connectivity index (χ4v) is 4.01. The number of imidazole rings is 1. The summed E-state index contributed by atoms with van der Waals surface area (Å²) in [6.07, 6.45) is 0.841. The molecule has 3 rings (SSSR count). The average molecular weight is 420 g/mol. The van der Waals surface area contributed by atoms with Gasteiger partial charge in [0.1, 0.15) is 23.8 Å². The number of carbonyl (C=O) groups is 1. The van der Waals surface area contributed by atoms with Crippen LogP contribution in [0.15, 0.2) is 27.6 Å². The maximum absolute atomic E-state index is 12.4. The molecule has 0 fully saturated rings. The van der Waals surface area contributed by atoms with Crippen LogP contribution in [0.4, 0.5) is 0 Å². The normalized spacial score (nSPS) is 12.1.